The number of para-hydroxylation sites is 2. The van der Waals surface area contributed by atoms with E-state index < -0.39 is 0 Å². The van der Waals surface area contributed by atoms with Gasteiger partial charge < -0.3 is 20.3 Å². The molecule has 1 fully saturated rings. The Morgan fingerprint density at radius 2 is 1.96 bits per heavy atom. The fourth-order valence-electron chi connectivity index (χ4n) is 2.78. The van der Waals surface area contributed by atoms with Crippen LogP contribution >= 0.6 is 0 Å². The van der Waals surface area contributed by atoms with E-state index >= 15 is 0 Å². The quantitative estimate of drug-likeness (QED) is 0.876. The standard InChI is InChI=1S/C19H24N4O2/c1-14(2)21-19(24)17-13-15(7-8-20-17)22-16-5-3-4-6-18(16)23-9-11-25-12-10-23/h3-8,13-14H,9-12H2,1-2H3,(H,20,22)(H,21,24). The van der Waals surface area contributed by atoms with Crippen LogP contribution in [-0.4, -0.2) is 43.2 Å². The van der Waals surface area contributed by atoms with Crippen LogP contribution in [0.1, 0.15) is 24.3 Å². The van der Waals surface area contributed by atoms with E-state index in [4.69, 9.17) is 4.74 Å². The molecule has 0 saturated carbocycles. The number of carbonyl (C=O) groups is 1. The number of benzene rings is 1. The summed E-state index contributed by atoms with van der Waals surface area (Å²) in [6, 6.07) is 11.9. The van der Waals surface area contributed by atoms with Crippen LogP contribution in [0.5, 0.6) is 0 Å². The number of ether oxygens (including phenoxy) is 1. The highest BCUT2D eigenvalue weighted by Crippen LogP contribution is 2.29. The Kier molecular flexibility index (Phi) is 5.50. The lowest BCUT2D eigenvalue weighted by atomic mass is 10.2. The smallest absolute Gasteiger partial charge is 0.270 e. The molecule has 1 amide bonds. The van der Waals surface area contributed by atoms with Crippen molar-refractivity contribution in [2.24, 2.45) is 0 Å². The van der Waals surface area contributed by atoms with E-state index in [-0.39, 0.29) is 11.9 Å². The Labute approximate surface area is 148 Å². The Balaban J connectivity index is 1.80. The molecule has 0 atom stereocenters. The molecule has 1 aliphatic rings. The van der Waals surface area contributed by atoms with Crippen molar-refractivity contribution in [1.82, 2.24) is 10.3 Å². The van der Waals surface area contributed by atoms with E-state index in [1.807, 2.05) is 38.1 Å². The molecule has 2 aromatic rings. The van der Waals surface area contributed by atoms with Crippen LogP contribution in [0, 0.1) is 0 Å². The molecule has 2 N–H and O–H groups in total. The summed E-state index contributed by atoms with van der Waals surface area (Å²) in [6.07, 6.45) is 1.65. The van der Waals surface area contributed by atoms with Crippen molar-refractivity contribution >= 4 is 23.0 Å². The third-order valence-electron chi connectivity index (χ3n) is 3.95. The molecule has 0 aliphatic carbocycles. The monoisotopic (exact) mass is 340 g/mol. The summed E-state index contributed by atoms with van der Waals surface area (Å²) in [7, 11) is 0. The van der Waals surface area contributed by atoms with Crippen LogP contribution in [-0.2, 0) is 4.74 Å². The van der Waals surface area contributed by atoms with E-state index in [1.165, 1.54) is 0 Å². The normalized spacial score (nSPS) is 14.4. The highest BCUT2D eigenvalue weighted by atomic mass is 16.5. The topological polar surface area (TPSA) is 66.5 Å². The predicted molar refractivity (Wildman–Crippen MR) is 99.6 cm³/mol. The largest absolute Gasteiger partial charge is 0.378 e. The van der Waals surface area contributed by atoms with Crippen LogP contribution in [0.2, 0.25) is 0 Å². The summed E-state index contributed by atoms with van der Waals surface area (Å²) >= 11 is 0. The molecule has 2 heterocycles. The van der Waals surface area contributed by atoms with Gasteiger partial charge in [0, 0.05) is 31.0 Å². The molecule has 1 aromatic heterocycles. The van der Waals surface area contributed by atoms with Crippen molar-refractivity contribution in [2.45, 2.75) is 19.9 Å². The summed E-state index contributed by atoms with van der Waals surface area (Å²) < 4.78 is 5.44. The summed E-state index contributed by atoms with van der Waals surface area (Å²) in [5.74, 6) is -0.167. The van der Waals surface area contributed by atoms with Crippen LogP contribution in [0.4, 0.5) is 17.1 Å². The molecule has 3 rings (SSSR count). The first-order valence-corrected chi connectivity index (χ1v) is 8.59. The fourth-order valence-corrected chi connectivity index (χ4v) is 2.78. The lowest BCUT2D eigenvalue weighted by Crippen LogP contribution is -2.36. The molecule has 1 aliphatic heterocycles. The minimum absolute atomic E-state index is 0.0768. The average molecular weight is 340 g/mol. The van der Waals surface area contributed by atoms with Crippen LogP contribution in [0.15, 0.2) is 42.6 Å². The van der Waals surface area contributed by atoms with E-state index in [2.05, 4.69) is 26.6 Å². The Morgan fingerprint density at radius 1 is 1.20 bits per heavy atom. The first-order valence-electron chi connectivity index (χ1n) is 8.59. The molecule has 1 saturated heterocycles. The maximum atomic E-state index is 12.2. The van der Waals surface area contributed by atoms with Crippen LogP contribution < -0.4 is 15.5 Å². The van der Waals surface area contributed by atoms with Gasteiger partial charge >= 0.3 is 0 Å². The van der Waals surface area contributed by atoms with E-state index in [9.17, 15) is 4.79 Å². The second-order valence-electron chi connectivity index (χ2n) is 6.30. The van der Waals surface area contributed by atoms with Crippen molar-refractivity contribution in [2.75, 3.05) is 36.5 Å². The molecule has 6 nitrogen and oxygen atoms in total. The van der Waals surface area contributed by atoms with Gasteiger partial charge in [-0.15, -0.1) is 0 Å². The number of rotatable bonds is 5. The molecule has 1 aromatic carbocycles. The average Bonchev–Trinajstić information content (AvgIpc) is 2.63. The zero-order valence-electron chi connectivity index (χ0n) is 14.7. The van der Waals surface area contributed by atoms with Gasteiger partial charge in [0.15, 0.2) is 0 Å². The zero-order chi connectivity index (χ0) is 17.6. The van der Waals surface area contributed by atoms with E-state index in [0.717, 1.165) is 43.4 Å². The first-order chi connectivity index (χ1) is 12.1. The maximum absolute atomic E-state index is 12.2. The Hall–Kier alpha value is -2.60. The van der Waals surface area contributed by atoms with E-state index in [0.29, 0.717) is 5.69 Å². The van der Waals surface area contributed by atoms with Crippen molar-refractivity contribution in [3.05, 3.63) is 48.3 Å². The number of carbonyl (C=O) groups excluding carboxylic acids is 1. The molecular formula is C19H24N4O2. The minimum Gasteiger partial charge on any atom is -0.378 e. The van der Waals surface area contributed by atoms with Gasteiger partial charge in [-0.3, -0.25) is 9.78 Å². The van der Waals surface area contributed by atoms with Crippen molar-refractivity contribution < 1.29 is 9.53 Å². The number of anilines is 3. The van der Waals surface area contributed by atoms with Gasteiger partial charge in [-0.05, 0) is 38.1 Å². The highest BCUT2D eigenvalue weighted by Gasteiger charge is 2.15. The number of nitrogens with zero attached hydrogens (tertiary/aromatic N) is 2. The lowest BCUT2D eigenvalue weighted by molar-refractivity contribution is 0.0938. The summed E-state index contributed by atoms with van der Waals surface area (Å²) in [6.45, 7) is 7.08. The number of hydrogen-bond donors (Lipinski definition) is 2. The molecule has 0 bridgehead atoms. The first kappa shape index (κ1) is 17.2. The SMILES string of the molecule is CC(C)NC(=O)c1cc(Nc2ccccc2N2CCOCC2)ccn1. The zero-order valence-corrected chi connectivity index (χ0v) is 14.7. The van der Waals surface area contributed by atoms with Gasteiger partial charge in [0.05, 0.1) is 24.6 Å². The number of nitrogens with one attached hydrogen (secondary N) is 2. The number of hydrogen-bond acceptors (Lipinski definition) is 5. The summed E-state index contributed by atoms with van der Waals surface area (Å²) in [4.78, 5) is 18.6. The van der Waals surface area contributed by atoms with Gasteiger partial charge in [-0.1, -0.05) is 12.1 Å². The van der Waals surface area contributed by atoms with Gasteiger partial charge in [-0.25, -0.2) is 0 Å². The molecule has 6 heteroatoms. The molecule has 132 valence electrons. The highest BCUT2D eigenvalue weighted by molar-refractivity contribution is 5.93. The third-order valence-corrected chi connectivity index (χ3v) is 3.95. The van der Waals surface area contributed by atoms with Gasteiger partial charge in [0.1, 0.15) is 5.69 Å². The van der Waals surface area contributed by atoms with Crippen molar-refractivity contribution in [3.63, 3.8) is 0 Å². The second-order valence-corrected chi connectivity index (χ2v) is 6.30. The van der Waals surface area contributed by atoms with Gasteiger partial charge in [0.25, 0.3) is 5.91 Å². The predicted octanol–water partition coefficient (Wildman–Crippen LogP) is 2.80. The molecule has 25 heavy (non-hydrogen) atoms. The second kappa shape index (κ2) is 7.98. The lowest BCUT2D eigenvalue weighted by Gasteiger charge is -2.30. The molecule has 0 spiro atoms. The molecule has 0 radical (unpaired) electrons. The maximum Gasteiger partial charge on any atom is 0.270 e. The molecular weight excluding hydrogens is 316 g/mol. The van der Waals surface area contributed by atoms with Crippen LogP contribution in [0.3, 0.4) is 0 Å². The minimum atomic E-state index is -0.167. The van der Waals surface area contributed by atoms with Crippen LogP contribution in [0.25, 0.3) is 0 Å². The van der Waals surface area contributed by atoms with Gasteiger partial charge in [0.2, 0.25) is 0 Å². The fraction of sp³-hybridized carbons (Fsp3) is 0.368. The molecule has 0 unspecified atom stereocenters. The van der Waals surface area contributed by atoms with Gasteiger partial charge in [-0.2, -0.15) is 0 Å². The number of morpholine rings is 1. The summed E-state index contributed by atoms with van der Waals surface area (Å²) in [5, 5.41) is 6.28. The van der Waals surface area contributed by atoms with E-state index in [1.54, 1.807) is 12.3 Å². The number of pyridine rings is 1. The third kappa shape index (κ3) is 4.48. The van der Waals surface area contributed by atoms with Crippen molar-refractivity contribution in [3.8, 4) is 0 Å². The number of aromatic nitrogens is 1. The Morgan fingerprint density at radius 3 is 2.72 bits per heavy atom. The Bertz CT molecular complexity index is 727. The van der Waals surface area contributed by atoms with Crippen molar-refractivity contribution in [1.29, 1.82) is 0 Å². The summed E-state index contributed by atoms with van der Waals surface area (Å²) in [5.41, 5.74) is 3.38. The number of amides is 1.